The fourth-order valence-corrected chi connectivity index (χ4v) is 3.49. The molecule has 0 aliphatic rings. The molecule has 2 heterocycles. The molecule has 0 saturated heterocycles. The zero-order valence-corrected chi connectivity index (χ0v) is 16.3. The molecule has 0 spiro atoms. The van der Waals surface area contributed by atoms with Crippen molar-refractivity contribution >= 4 is 0 Å². The number of benzene rings is 3. The molecule has 5 rings (SSSR count). The van der Waals surface area contributed by atoms with Crippen LogP contribution in [0.15, 0.2) is 103 Å². The van der Waals surface area contributed by atoms with Gasteiger partial charge in [-0.1, -0.05) is 96.2 Å². The van der Waals surface area contributed by atoms with Gasteiger partial charge in [0, 0.05) is 5.56 Å². The summed E-state index contributed by atoms with van der Waals surface area (Å²) in [4.78, 5) is 1.72. The third kappa shape index (κ3) is 3.75. The molecule has 1 atom stereocenters. The van der Waals surface area contributed by atoms with Crippen molar-refractivity contribution in [3.63, 3.8) is 0 Å². The van der Waals surface area contributed by atoms with Gasteiger partial charge < -0.3 is 0 Å². The van der Waals surface area contributed by atoms with Gasteiger partial charge in [0.15, 0.2) is 0 Å². The van der Waals surface area contributed by atoms with Gasteiger partial charge in [-0.3, -0.25) is 0 Å². The Balaban J connectivity index is 1.50. The van der Waals surface area contributed by atoms with Crippen LogP contribution in [0.3, 0.4) is 0 Å². The topological polar surface area (TPSA) is 61.4 Å². The van der Waals surface area contributed by atoms with E-state index in [1.807, 2.05) is 77.6 Å². The molecule has 2 aromatic heterocycles. The first-order valence-electron chi connectivity index (χ1n) is 9.83. The third-order valence-corrected chi connectivity index (χ3v) is 4.95. The van der Waals surface area contributed by atoms with E-state index >= 15 is 0 Å². The van der Waals surface area contributed by atoms with Crippen molar-refractivity contribution in [1.29, 1.82) is 0 Å². The number of rotatable bonds is 6. The molecule has 0 aliphatic carbocycles. The van der Waals surface area contributed by atoms with E-state index in [2.05, 4.69) is 39.7 Å². The molecule has 6 nitrogen and oxygen atoms in total. The van der Waals surface area contributed by atoms with E-state index in [4.69, 9.17) is 5.10 Å². The van der Waals surface area contributed by atoms with E-state index in [-0.39, 0.29) is 6.04 Å². The molecule has 5 aromatic rings. The van der Waals surface area contributed by atoms with E-state index in [1.54, 1.807) is 11.0 Å². The summed E-state index contributed by atoms with van der Waals surface area (Å²) in [7, 11) is 0. The maximum atomic E-state index is 4.76. The third-order valence-electron chi connectivity index (χ3n) is 4.95. The van der Waals surface area contributed by atoms with Crippen LogP contribution >= 0.6 is 0 Å². The van der Waals surface area contributed by atoms with Crippen molar-refractivity contribution in [2.45, 2.75) is 12.6 Å². The van der Waals surface area contributed by atoms with Gasteiger partial charge in [-0.05, 0) is 11.1 Å². The predicted octanol–water partition coefficient (Wildman–Crippen LogP) is 4.22. The van der Waals surface area contributed by atoms with Crippen molar-refractivity contribution in [3.8, 4) is 11.3 Å². The Morgan fingerprint density at radius 1 is 0.767 bits per heavy atom. The normalized spacial score (nSPS) is 12.0. The second kappa shape index (κ2) is 8.13. The second-order valence-corrected chi connectivity index (χ2v) is 7.06. The molecule has 146 valence electrons. The smallest absolute Gasteiger partial charge is 0.142 e. The van der Waals surface area contributed by atoms with Gasteiger partial charge in [-0.15, -0.1) is 5.10 Å². The summed E-state index contributed by atoms with van der Waals surface area (Å²) < 4.78 is 1.85. The summed E-state index contributed by atoms with van der Waals surface area (Å²) in [5, 5.41) is 18.1. The average Bonchev–Trinajstić information content (AvgIpc) is 3.47. The van der Waals surface area contributed by atoms with Crippen LogP contribution in [-0.2, 0) is 6.54 Å². The summed E-state index contributed by atoms with van der Waals surface area (Å²) in [6.45, 7) is 0.664. The highest BCUT2D eigenvalue weighted by Crippen LogP contribution is 2.25. The Kier molecular flexibility index (Phi) is 4.88. The quantitative estimate of drug-likeness (QED) is 0.434. The highest BCUT2D eigenvalue weighted by Gasteiger charge is 2.22. The number of hydrogen-bond donors (Lipinski definition) is 0. The molecule has 0 N–H and O–H groups in total. The van der Waals surface area contributed by atoms with Gasteiger partial charge in [0.05, 0.1) is 18.9 Å². The molecular weight excluding hydrogens is 372 g/mol. The highest BCUT2D eigenvalue weighted by molar-refractivity contribution is 5.57. The molecule has 0 bridgehead atoms. The van der Waals surface area contributed by atoms with E-state index in [9.17, 15) is 0 Å². The van der Waals surface area contributed by atoms with E-state index < -0.39 is 0 Å². The zero-order valence-electron chi connectivity index (χ0n) is 16.3. The van der Waals surface area contributed by atoms with Crippen molar-refractivity contribution in [2.24, 2.45) is 0 Å². The molecule has 3 aromatic carbocycles. The van der Waals surface area contributed by atoms with Gasteiger partial charge in [-0.25, -0.2) is 4.68 Å². The molecular formula is C24H20N6. The Morgan fingerprint density at radius 3 is 2.17 bits per heavy atom. The van der Waals surface area contributed by atoms with Crippen LogP contribution in [0, 0.1) is 0 Å². The predicted molar refractivity (Wildman–Crippen MR) is 115 cm³/mol. The number of aromatic nitrogens is 6. The van der Waals surface area contributed by atoms with Gasteiger partial charge in [0.1, 0.15) is 17.4 Å². The maximum Gasteiger partial charge on any atom is 0.142 e. The first kappa shape index (κ1) is 18.0. The molecule has 30 heavy (non-hydrogen) atoms. The lowest BCUT2D eigenvalue weighted by molar-refractivity contribution is 0.509. The van der Waals surface area contributed by atoms with Crippen molar-refractivity contribution in [1.82, 2.24) is 30.0 Å². The summed E-state index contributed by atoms with van der Waals surface area (Å²) in [5.74, 6) is 0. The minimum atomic E-state index is -0.256. The second-order valence-electron chi connectivity index (χ2n) is 7.06. The van der Waals surface area contributed by atoms with Gasteiger partial charge in [0.25, 0.3) is 0 Å². The van der Waals surface area contributed by atoms with Crippen LogP contribution < -0.4 is 0 Å². The summed E-state index contributed by atoms with van der Waals surface area (Å²) in [6, 6.07) is 30.2. The Bertz CT molecular complexity index is 1210. The van der Waals surface area contributed by atoms with Crippen LogP contribution in [0.25, 0.3) is 11.3 Å². The van der Waals surface area contributed by atoms with Crippen LogP contribution in [0.1, 0.15) is 22.9 Å². The molecule has 0 saturated carbocycles. The molecule has 1 unspecified atom stereocenters. The molecule has 0 radical (unpaired) electrons. The number of hydrogen-bond acceptors (Lipinski definition) is 4. The molecule has 6 heteroatoms. The first-order valence-corrected chi connectivity index (χ1v) is 9.83. The Morgan fingerprint density at radius 2 is 1.43 bits per heavy atom. The minimum Gasteiger partial charge on any atom is -0.248 e. The summed E-state index contributed by atoms with van der Waals surface area (Å²) >= 11 is 0. The summed E-state index contributed by atoms with van der Waals surface area (Å²) in [6.07, 6.45) is 3.76. The first-order chi connectivity index (χ1) is 14.9. The lowest BCUT2D eigenvalue weighted by Crippen LogP contribution is -2.16. The minimum absolute atomic E-state index is 0.256. The number of nitrogens with zero attached hydrogens (tertiary/aromatic N) is 6. The molecule has 0 amide bonds. The van der Waals surface area contributed by atoms with E-state index in [0.717, 1.165) is 22.5 Å². The van der Waals surface area contributed by atoms with Crippen LogP contribution in [-0.4, -0.2) is 30.0 Å². The fraction of sp³-hybridized carbons (Fsp3) is 0.0833. The van der Waals surface area contributed by atoms with Gasteiger partial charge >= 0.3 is 0 Å². The largest absolute Gasteiger partial charge is 0.248 e. The average molecular weight is 392 g/mol. The zero-order chi connectivity index (χ0) is 20.2. The Labute approximate surface area is 174 Å². The van der Waals surface area contributed by atoms with Crippen LogP contribution in [0.2, 0.25) is 0 Å². The standard InChI is InChI=1S/C24H20N6/c1-4-10-19(11-5-1)17-29-18-23(26-28-29)24(21-14-8-3-9-15-21)30-25-16-22(27-30)20-12-6-2-7-13-20/h1-16,18,24H,17H2. The lowest BCUT2D eigenvalue weighted by atomic mass is 10.1. The maximum absolute atomic E-state index is 4.76. The van der Waals surface area contributed by atoms with Gasteiger partial charge in [0.2, 0.25) is 0 Å². The van der Waals surface area contributed by atoms with E-state index in [0.29, 0.717) is 6.54 Å². The Hall–Kier alpha value is -4.06. The molecule has 0 fully saturated rings. The van der Waals surface area contributed by atoms with Gasteiger partial charge in [-0.2, -0.15) is 15.0 Å². The van der Waals surface area contributed by atoms with Crippen molar-refractivity contribution in [3.05, 3.63) is 120 Å². The van der Waals surface area contributed by atoms with Crippen molar-refractivity contribution < 1.29 is 0 Å². The lowest BCUT2D eigenvalue weighted by Gasteiger charge is -2.14. The molecule has 0 aliphatic heterocycles. The fourth-order valence-electron chi connectivity index (χ4n) is 3.49. The monoisotopic (exact) mass is 392 g/mol. The van der Waals surface area contributed by atoms with Crippen LogP contribution in [0.4, 0.5) is 0 Å². The SMILES string of the molecule is c1ccc(Cn2cc(C(c3ccccc3)n3ncc(-c4ccccc4)n3)nn2)cc1. The van der Waals surface area contributed by atoms with Crippen molar-refractivity contribution in [2.75, 3.05) is 0 Å². The van der Waals surface area contributed by atoms with E-state index in [1.165, 1.54) is 5.56 Å². The highest BCUT2D eigenvalue weighted by atomic mass is 15.5. The summed E-state index contributed by atoms with van der Waals surface area (Å²) in [5.41, 5.74) is 4.89. The van der Waals surface area contributed by atoms with Crippen LogP contribution in [0.5, 0.6) is 0 Å².